The lowest BCUT2D eigenvalue weighted by molar-refractivity contribution is -0.274. The first kappa shape index (κ1) is 22.3. The van der Waals surface area contributed by atoms with Gasteiger partial charge in [0.1, 0.15) is 5.75 Å². The molecular weight excluding hydrogens is 442 g/mol. The van der Waals surface area contributed by atoms with E-state index in [1.165, 1.54) is 6.07 Å². The van der Waals surface area contributed by atoms with E-state index in [4.69, 9.17) is 0 Å². The highest BCUT2D eigenvalue weighted by molar-refractivity contribution is 9.10. The van der Waals surface area contributed by atoms with Gasteiger partial charge in [-0.15, -0.1) is 25.6 Å². The Morgan fingerprint density at radius 2 is 1.68 bits per heavy atom. The van der Waals surface area contributed by atoms with Gasteiger partial charge in [-0.3, -0.25) is 4.90 Å². The van der Waals surface area contributed by atoms with Crippen molar-refractivity contribution in [2.75, 3.05) is 26.2 Å². The van der Waals surface area contributed by atoms with Gasteiger partial charge in [0.25, 0.3) is 0 Å². The second-order valence-corrected chi connectivity index (χ2v) is 6.30. The van der Waals surface area contributed by atoms with Gasteiger partial charge in [-0.1, -0.05) is 15.9 Å². The molecule has 0 aliphatic carbocycles. The molecule has 11 heteroatoms. The number of hydrogen-bond acceptors (Lipinski definition) is 3. The highest BCUT2D eigenvalue weighted by Crippen LogP contribution is 2.37. The number of hydrogen-bond donors (Lipinski definition) is 1. The number of nitrogens with one attached hydrogen (secondary N) is 1. The van der Waals surface area contributed by atoms with Crippen LogP contribution in [0.1, 0.15) is 18.0 Å². The Balaban J connectivity index is 0.00000312. The largest absolute Gasteiger partial charge is 0.573 e. The van der Waals surface area contributed by atoms with Gasteiger partial charge >= 0.3 is 12.5 Å². The summed E-state index contributed by atoms with van der Waals surface area (Å²) in [5.74, 6) is -0.547. The van der Waals surface area contributed by atoms with Crippen molar-refractivity contribution in [3.63, 3.8) is 0 Å². The van der Waals surface area contributed by atoms with Crippen LogP contribution in [0, 0.1) is 0 Å². The molecule has 0 radical (unpaired) electrons. The number of nitrogens with zero attached hydrogens (tertiary/aromatic N) is 1. The minimum atomic E-state index is -4.91. The molecule has 1 aromatic rings. The van der Waals surface area contributed by atoms with Crippen molar-refractivity contribution in [1.29, 1.82) is 0 Å². The van der Waals surface area contributed by atoms with Crippen LogP contribution >= 0.6 is 28.3 Å². The minimum Gasteiger partial charge on any atom is -0.406 e. The Labute approximate surface area is 155 Å². The summed E-state index contributed by atoms with van der Waals surface area (Å²) in [4.78, 5) is 1.61. The first-order valence-corrected chi connectivity index (χ1v) is 7.90. The standard InChI is InChI=1S/C14H15BrF6N2O.ClH/c15-10-5-9(6-11(7-10)24-14(19,20)21)12(8-13(16,17)18)23-3-1-22-2-4-23;/h5-7,12,22H,1-4,8H2;1H/t12-;/m1./s1. The molecular formula is C14H16BrClF6N2O. The molecule has 2 rings (SSSR count). The number of rotatable bonds is 4. The van der Waals surface area contributed by atoms with Gasteiger partial charge in [0.2, 0.25) is 0 Å². The van der Waals surface area contributed by atoms with Crippen molar-refractivity contribution < 1.29 is 31.1 Å². The molecule has 1 aliphatic rings. The van der Waals surface area contributed by atoms with E-state index in [-0.39, 0.29) is 22.4 Å². The van der Waals surface area contributed by atoms with Crippen molar-refractivity contribution in [2.24, 2.45) is 0 Å². The van der Waals surface area contributed by atoms with Crippen molar-refractivity contribution in [1.82, 2.24) is 10.2 Å². The van der Waals surface area contributed by atoms with E-state index in [2.05, 4.69) is 26.0 Å². The zero-order chi connectivity index (χ0) is 18.0. The van der Waals surface area contributed by atoms with Crippen LogP contribution in [0.4, 0.5) is 26.3 Å². The maximum absolute atomic E-state index is 13.0. The zero-order valence-corrected chi connectivity index (χ0v) is 15.2. The zero-order valence-electron chi connectivity index (χ0n) is 12.8. The smallest absolute Gasteiger partial charge is 0.406 e. The quantitative estimate of drug-likeness (QED) is 0.665. The minimum absolute atomic E-state index is 0. The van der Waals surface area contributed by atoms with Gasteiger partial charge in [0.05, 0.1) is 6.42 Å². The van der Waals surface area contributed by atoms with E-state index < -0.39 is 30.8 Å². The van der Waals surface area contributed by atoms with Gasteiger partial charge < -0.3 is 10.1 Å². The van der Waals surface area contributed by atoms with E-state index in [1.807, 2.05) is 0 Å². The maximum atomic E-state index is 13.0. The molecule has 144 valence electrons. The molecule has 0 spiro atoms. The van der Waals surface area contributed by atoms with Gasteiger partial charge in [-0.2, -0.15) is 13.2 Å². The second-order valence-electron chi connectivity index (χ2n) is 5.39. The summed E-state index contributed by atoms with van der Waals surface area (Å²) in [7, 11) is 0. The van der Waals surface area contributed by atoms with Crippen LogP contribution in [-0.2, 0) is 0 Å². The molecule has 0 saturated carbocycles. The third-order valence-electron chi connectivity index (χ3n) is 3.53. The maximum Gasteiger partial charge on any atom is 0.573 e. The van der Waals surface area contributed by atoms with Gasteiger partial charge in [0, 0.05) is 36.7 Å². The molecule has 1 N–H and O–H groups in total. The van der Waals surface area contributed by atoms with E-state index in [9.17, 15) is 26.3 Å². The molecule has 1 aliphatic heterocycles. The number of piperazine rings is 1. The highest BCUT2D eigenvalue weighted by Gasteiger charge is 2.37. The predicted molar refractivity (Wildman–Crippen MR) is 85.9 cm³/mol. The fourth-order valence-electron chi connectivity index (χ4n) is 2.64. The number of ether oxygens (including phenoxy) is 1. The molecule has 1 atom stereocenters. The fraction of sp³-hybridized carbons (Fsp3) is 0.571. The first-order chi connectivity index (χ1) is 11.0. The van der Waals surface area contributed by atoms with Gasteiger partial charge in [-0.25, -0.2) is 0 Å². The lowest BCUT2D eigenvalue weighted by Crippen LogP contribution is -2.46. The monoisotopic (exact) mass is 456 g/mol. The van der Waals surface area contributed by atoms with Crippen LogP contribution < -0.4 is 10.1 Å². The molecule has 1 heterocycles. The van der Waals surface area contributed by atoms with Crippen LogP contribution in [0.5, 0.6) is 5.75 Å². The highest BCUT2D eigenvalue weighted by atomic mass is 79.9. The molecule has 25 heavy (non-hydrogen) atoms. The van der Waals surface area contributed by atoms with Crippen LogP contribution in [0.15, 0.2) is 22.7 Å². The Bertz CT molecular complexity index is 563. The molecule has 0 amide bonds. The van der Waals surface area contributed by atoms with Crippen molar-refractivity contribution in [2.45, 2.75) is 25.0 Å². The SMILES string of the molecule is Cl.FC(F)(F)C[C@H](c1cc(Br)cc(OC(F)(F)F)c1)N1CCNCC1. The fourth-order valence-corrected chi connectivity index (χ4v) is 3.13. The molecule has 0 bridgehead atoms. The van der Waals surface area contributed by atoms with E-state index in [1.54, 1.807) is 4.90 Å². The summed E-state index contributed by atoms with van der Waals surface area (Å²) in [5, 5.41) is 3.03. The lowest BCUT2D eigenvalue weighted by Gasteiger charge is -2.36. The summed E-state index contributed by atoms with van der Waals surface area (Å²) in [6.07, 6.45) is -10.5. The van der Waals surface area contributed by atoms with Crippen LogP contribution in [0.2, 0.25) is 0 Å². The van der Waals surface area contributed by atoms with E-state index in [0.29, 0.717) is 26.2 Å². The molecule has 0 unspecified atom stereocenters. The van der Waals surface area contributed by atoms with E-state index in [0.717, 1.165) is 12.1 Å². The molecule has 3 nitrogen and oxygen atoms in total. The summed E-state index contributed by atoms with van der Waals surface area (Å²) in [6.45, 7) is 1.80. The second kappa shape index (κ2) is 8.79. The Hall–Kier alpha value is -0.710. The van der Waals surface area contributed by atoms with Crippen molar-refractivity contribution in [3.8, 4) is 5.75 Å². The molecule has 1 fully saturated rings. The number of alkyl halides is 6. The van der Waals surface area contributed by atoms with Gasteiger partial charge in [0.15, 0.2) is 0 Å². The van der Waals surface area contributed by atoms with Crippen molar-refractivity contribution in [3.05, 3.63) is 28.2 Å². The van der Waals surface area contributed by atoms with Crippen molar-refractivity contribution >= 4 is 28.3 Å². The average Bonchev–Trinajstić information content (AvgIpc) is 2.42. The normalized spacial score (nSPS) is 17.7. The third-order valence-corrected chi connectivity index (χ3v) is 3.99. The number of benzene rings is 1. The molecule has 1 saturated heterocycles. The Morgan fingerprint density at radius 1 is 1.08 bits per heavy atom. The summed E-state index contributed by atoms with van der Waals surface area (Å²) in [6, 6.07) is 2.40. The Kier molecular flexibility index (Phi) is 7.85. The first-order valence-electron chi connectivity index (χ1n) is 7.11. The molecule has 0 aromatic heterocycles. The van der Waals surface area contributed by atoms with Gasteiger partial charge in [-0.05, 0) is 23.8 Å². The van der Waals surface area contributed by atoms with Crippen LogP contribution in [0.3, 0.4) is 0 Å². The van der Waals surface area contributed by atoms with E-state index >= 15 is 0 Å². The number of halogens is 8. The predicted octanol–water partition coefficient (Wildman–Crippen LogP) is 4.67. The molecule has 1 aromatic carbocycles. The summed E-state index contributed by atoms with van der Waals surface area (Å²) < 4.78 is 80.1. The van der Waals surface area contributed by atoms with Crippen LogP contribution in [-0.4, -0.2) is 43.6 Å². The average molecular weight is 458 g/mol. The third kappa shape index (κ3) is 7.59. The topological polar surface area (TPSA) is 24.5 Å². The Morgan fingerprint density at radius 3 is 2.20 bits per heavy atom. The summed E-state index contributed by atoms with van der Waals surface area (Å²) >= 11 is 3.03. The lowest BCUT2D eigenvalue weighted by atomic mass is 10.0. The summed E-state index contributed by atoms with van der Waals surface area (Å²) in [5.41, 5.74) is 0.128. The van der Waals surface area contributed by atoms with Crippen LogP contribution in [0.25, 0.3) is 0 Å².